The van der Waals surface area contributed by atoms with E-state index in [-0.39, 0.29) is 6.79 Å². The first-order chi connectivity index (χ1) is 6.81. The molecule has 1 aromatic rings. The van der Waals surface area contributed by atoms with E-state index in [1.54, 1.807) is 6.07 Å². The van der Waals surface area contributed by atoms with Crippen molar-refractivity contribution in [2.75, 3.05) is 6.79 Å². The van der Waals surface area contributed by atoms with E-state index in [0.29, 0.717) is 11.5 Å². The first kappa shape index (κ1) is 9.19. The van der Waals surface area contributed by atoms with Gasteiger partial charge in [0.05, 0.1) is 0 Å². The van der Waals surface area contributed by atoms with E-state index >= 15 is 0 Å². The molecule has 0 radical (unpaired) electrons. The van der Waals surface area contributed by atoms with Crippen molar-refractivity contribution in [3.63, 3.8) is 0 Å². The summed E-state index contributed by atoms with van der Waals surface area (Å²) in [5, 5.41) is 9.67. The minimum Gasteiger partial charge on any atom is -0.508 e. The Kier molecular flexibility index (Phi) is 2.48. The summed E-state index contributed by atoms with van der Waals surface area (Å²) >= 11 is 0. The molecular formula is C11H14O3. The van der Waals surface area contributed by atoms with Gasteiger partial charge >= 0.3 is 0 Å². The fraction of sp³-hybridized carbons (Fsp3) is 0.455. The Morgan fingerprint density at radius 3 is 2.71 bits per heavy atom. The van der Waals surface area contributed by atoms with E-state index in [1.165, 1.54) is 0 Å². The van der Waals surface area contributed by atoms with Crippen molar-refractivity contribution in [3.8, 4) is 17.2 Å². The maximum atomic E-state index is 9.67. The van der Waals surface area contributed by atoms with Crippen LogP contribution in [0.5, 0.6) is 17.2 Å². The third kappa shape index (κ3) is 1.62. The predicted molar refractivity (Wildman–Crippen MR) is 52.8 cm³/mol. The van der Waals surface area contributed by atoms with Gasteiger partial charge in [-0.1, -0.05) is 13.3 Å². The SMILES string of the molecule is CCCCc1cc2c(cc1O)OCO2. The average Bonchev–Trinajstić information content (AvgIpc) is 2.61. The fourth-order valence-corrected chi connectivity index (χ4v) is 1.54. The van der Waals surface area contributed by atoms with Crippen molar-refractivity contribution in [1.29, 1.82) is 0 Å². The number of rotatable bonds is 3. The lowest BCUT2D eigenvalue weighted by atomic mass is 10.1. The van der Waals surface area contributed by atoms with Crippen LogP contribution in [0.3, 0.4) is 0 Å². The largest absolute Gasteiger partial charge is 0.508 e. The Balaban J connectivity index is 2.23. The maximum absolute atomic E-state index is 9.67. The number of ether oxygens (including phenoxy) is 2. The first-order valence-corrected chi connectivity index (χ1v) is 4.92. The second-order valence-electron chi connectivity index (χ2n) is 3.44. The minimum atomic E-state index is 0.256. The molecule has 0 fully saturated rings. The number of aromatic hydroxyl groups is 1. The van der Waals surface area contributed by atoms with Crippen LogP contribution in [0, 0.1) is 0 Å². The lowest BCUT2D eigenvalue weighted by molar-refractivity contribution is 0.174. The van der Waals surface area contributed by atoms with Crippen molar-refractivity contribution >= 4 is 0 Å². The number of fused-ring (bicyclic) bond motifs is 1. The number of unbranched alkanes of at least 4 members (excludes halogenated alkanes) is 1. The molecule has 0 aromatic heterocycles. The summed E-state index contributed by atoms with van der Waals surface area (Å²) in [5.74, 6) is 1.69. The quantitative estimate of drug-likeness (QED) is 0.803. The predicted octanol–water partition coefficient (Wildman–Crippen LogP) is 2.46. The van der Waals surface area contributed by atoms with Crippen LogP contribution in [0.2, 0.25) is 0 Å². The van der Waals surface area contributed by atoms with Gasteiger partial charge in [0.15, 0.2) is 11.5 Å². The number of phenols is 1. The maximum Gasteiger partial charge on any atom is 0.231 e. The Morgan fingerprint density at radius 1 is 1.29 bits per heavy atom. The molecule has 3 heteroatoms. The topological polar surface area (TPSA) is 38.7 Å². The Morgan fingerprint density at radius 2 is 2.00 bits per heavy atom. The zero-order chi connectivity index (χ0) is 9.97. The molecule has 76 valence electrons. The molecule has 0 aliphatic carbocycles. The van der Waals surface area contributed by atoms with Crippen molar-refractivity contribution in [2.45, 2.75) is 26.2 Å². The monoisotopic (exact) mass is 194 g/mol. The molecule has 0 unspecified atom stereocenters. The smallest absolute Gasteiger partial charge is 0.231 e. The van der Waals surface area contributed by atoms with Gasteiger partial charge in [0.1, 0.15) is 5.75 Å². The standard InChI is InChI=1S/C11H14O3/c1-2-3-4-8-5-10-11(6-9(8)12)14-7-13-10/h5-6,12H,2-4,7H2,1H3. The molecule has 1 aromatic carbocycles. The number of phenolic OH excluding ortho intramolecular Hbond substituents is 1. The van der Waals surface area contributed by atoms with Gasteiger partial charge in [0, 0.05) is 6.07 Å². The highest BCUT2D eigenvalue weighted by atomic mass is 16.7. The molecule has 14 heavy (non-hydrogen) atoms. The molecule has 0 saturated heterocycles. The van der Waals surface area contributed by atoms with Crippen molar-refractivity contribution in [3.05, 3.63) is 17.7 Å². The second-order valence-corrected chi connectivity index (χ2v) is 3.44. The molecule has 0 amide bonds. The van der Waals surface area contributed by atoms with Crippen LogP contribution in [0.15, 0.2) is 12.1 Å². The Bertz CT molecular complexity index is 334. The minimum absolute atomic E-state index is 0.256. The van der Waals surface area contributed by atoms with Crippen LogP contribution < -0.4 is 9.47 Å². The lowest BCUT2D eigenvalue weighted by Gasteiger charge is -2.05. The van der Waals surface area contributed by atoms with Crippen molar-refractivity contribution in [2.24, 2.45) is 0 Å². The number of hydrogen-bond donors (Lipinski definition) is 1. The number of aryl methyl sites for hydroxylation is 1. The van der Waals surface area contributed by atoms with Gasteiger partial charge in [-0.2, -0.15) is 0 Å². The van der Waals surface area contributed by atoms with E-state index in [2.05, 4.69) is 6.92 Å². The van der Waals surface area contributed by atoms with E-state index in [1.807, 2.05) is 6.07 Å². The molecule has 1 aliphatic heterocycles. The normalized spacial score (nSPS) is 13.2. The summed E-state index contributed by atoms with van der Waals surface area (Å²) in [6.45, 7) is 2.38. The van der Waals surface area contributed by atoms with Crippen LogP contribution in [-0.4, -0.2) is 11.9 Å². The summed E-state index contributed by atoms with van der Waals surface area (Å²) in [5.41, 5.74) is 0.941. The molecule has 0 spiro atoms. The average molecular weight is 194 g/mol. The van der Waals surface area contributed by atoms with Gasteiger partial charge in [-0.15, -0.1) is 0 Å². The zero-order valence-corrected chi connectivity index (χ0v) is 8.25. The summed E-state index contributed by atoms with van der Waals surface area (Å²) < 4.78 is 10.4. The van der Waals surface area contributed by atoms with Gasteiger partial charge in [-0.3, -0.25) is 0 Å². The van der Waals surface area contributed by atoms with E-state index < -0.39 is 0 Å². The third-order valence-corrected chi connectivity index (χ3v) is 2.37. The summed E-state index contributed by atoms with van der Waals surface area (Å²) in [7, 11) is 0. The summed E-state index contributed by atoms with van der Waals surface area (Å²) in [6, 6.07) is 3.50. The Hall–Kier alpha value is -1.38. The zero-order valence-electron chi connectivity index (χ0n) is 8.25. The second kappa shape index (κ2) is 3.78. The molecule has 3 nitrogen and oxygen atoms in total. The summed E-state index contributed by atoms with van der Waals surface area (Å²) in [6.07, 6.45) is 3.08. The van der Waals surface area contributed by atoms with Crippen LogP contribution in [-0.2, 0) is 6.42 Å². The fourth-order valence-electron chi connectivity index (χ4n) is 1.54. The van der Waals surface area contributed by atoms with Crippen LogP contribution in [0.25, 0.3) is 0 Å². The van der Waals surface area contributed by atoms with Crippen LogP contribution in [0.4, 0.5) is 0 Å². The van der Waals surface area contributed by atoms with E-state index in [4.69, 9.17) is 9.47 Å². The van der Waals surface area contributed by atoms with Crippen molar-refractivity contribution < 1.29 is 14.6 Å². The highest BCUT2D eigenvalue weighted by Gasteiger charge is 2.16. The first-order valence-electron chi connectivity index (χ1n) is 4.92. The highest BCUT2D eigenvalue weighted by Crippen LogP contribution is 2.37. The molecule has 1 heterocycles. The number of hydrogen-bond acceptors (Lipinski definition) is 3. The molecule has 0 atom stereocenters. The number of benzene rings is 1. The van der Waals surface area contributed by atoms with E-state index in [0.717, 1.165) is 30.6 Å². The third-order valence-electron chi connectivity index (χ3n) is 2.37. The van der Waals surface area contributed by atoms with Gasteiger partial charge in [-0.25, -0.2) is 0 Å². The highest BCUT2D eigenvalue weighted by molar-refractivity contribution is 5.51. The van der Waals surface area contributed by atoms with E-state index in [9.17, 15) is 5.11 Å². The van der Waals surface area contributed by atoms with Gasteiger partial charge in [0.2, 0.25) is 6.79 Å². The molecule has 1 N–H and O–H groups in total. The Labute approximate surface area is 83.3 Å². The van der Waals surface area contributed by atoms with Gasteiger partial charge < -0.3 is 14.6 Å². The van der Waals surface area contributed by atoms with Crippen molar-refractivity contribution in [1.82, 2.24) is 0 Å². The molecular weight excluding hydrogens is 180 g/mol. The van der Waals surface area contributed by atoms with Crippen LogP contribution >= 0.6 is 0 Å². The van der Waals surface area contributed by atoms with Crippen LogP contribution in [0.1, 0.15) is 25.3 Å². The molecule has 0 saturated carbocycles. The lowest BCUT2D eigenvalue weighted by Crippen LogP contribution is -1.92. The van der Waals surface area contributed by atoms with Gasteiger partial charge in [0.25, 0.3) is 0 Å². The molecule has 2 rings (SSSR count). The molecule has 0 bridgehead atoms. The molecule has 1 aliphatic rings. The van der Waals surface area contributed by atoms with Gasteiger partial charge in [-0.05, 0) is 24.5 Å². The summed E-state index contributed by atoms with van der Waals surface area (Å²) in [4.78, 5) is 0.